The van der Waals surface area contributed by atoms with E-state index in [0.717, 1.165) is 5.56 Å². The van der Waals surface area contributed by atoms with E-state index in [9.17, 15) is 5.11 Å². The molecule has 0 aliphatic rings. The Morgan fingerprint density at radius 1 is 1.15 bits per heavy atom. The fraction of sp³-hybridized carbons (Fsp3) is 0.625. The van der Waals surface area contributed by atoms with Crippen molar-refractivity contribution in [3.63, 3.8) is 0 Å². The Bertz CT molecular complexity index is 356. The van der Waals surface area contributed by atoms with E-state index in [1.165, 1.54) is 0 Å². The summed E-state index contributed by atoms with van der Waals surface area (Å²) in [6.07, 6.45) is 0. The van der Waals surface area contributed by atoms with Crippen LogP contribution in [0.5, 0.6) is 0 Å². The lowest BCUT2D eigenvalue weighted by molar-refractivity contribution is 0.000770. The highest BCUT2D eigenvalue weighted by atomic mass is 16.5. The highest BCUT2D eigenvalue weighted by Gasteiger charge is 2.32. The number of ether oxygens (including phenoxy) is 2. The first-order valence-corrected chi connectivity index (χ1v) is 7.24. The lowest BCUT2D eigenvalue weighted by Crippen LogP contribution is -2.52. The Hall–Kier alpha value is -0.940. The molecule has 0 saturated carbocycles. The molecule has 1 unspecified atom stereocenters. The smallest absolute Gasteiger partial charge is 0.0907 e. The van der Waals surface area contributed by atoms with Gasteiger partial charge in [-0.3, -0.25) is 0 Å². The minimum atomic E-state index is -0.568. The Morgan fingerprint density at radius 3 is 2.35 bits per heavy atom. The van der Waals surface area contributed by atoms with Crippen LogP contribution in [0.3, 0.4) is 0 Å². The van der Waals surface area contributed by atoms with Crippen LogP contribution in [-0.4, -0.2) is 44.2 Å². The van der Waals surface area contributed by atoms with Gasteiger partial charge in [0.05, 0.1) is 32.0 Å². The number of benzene rings is 1. The fourth-order valence-electron chi connectivity index (χ4n) is 2.21. The van der Waals surface area contributed by atoms with Crippen LogP contribution in [0.2, 0.25) is 0 Å². The molecule has 1 aromatic carbocycles. The maximum Gasteiger partial charge on any atom is 0.0907 e. The molecule has 20 heavy (non-hydrogen) atoms. The second-order valence-electron chi connectivity index (χ2n) is 5.15. The fourth-order valence-corrected chi connectivity index (χ4v) is 2.21. The normalized spacial score (nSPS) is 14.4. The van der Waals surface area contributed by atoms with Crippen molar-refractivity contribution in [1.29, 1.82) is 0 Å². The van der Waals surface area contributed by atoms with Crippen molar-refractivity contribution in [2.24, 2.45) is 0 Å². The van der Waals surface area contributed by atoms with Gasteiger partial charge in [-0.2, -0.15) is 0 Å². The Kier molecular flexibility index (Phi) is 7.77. The summed E-state index contributed by atoms with van der Waals surface area (Å²) in [5.74, 6) is 0. The molecule has 2 N–H and O–H groups in total. The summed E-state index contributed by atoms with van der Waals surface area (Å²) in [5, 5.41) is 13.3. The molecule has 0 amide bonds. The number of hydrogen-bond acceptors (Lipinski definition) is 4. The monoisotopic (exact) mass is 281 g/mol. The predicted octanol–water partition coefficient (Wildman–Crippen LogP) is 1.93. The van der Waals surface area contributed by atoms with Crippen molar-refractivity contribution in [2.45, 2.75) is 32.4 Å². The summed E-state index contributed by atoms with van der Waals surface area (Å²) in [7, 11) is 0. The molecule has 114 valence electrons. The molecule has 4 heteroatoms. The first-order valence-electron chi connectivity index (χ1n) is 7.24. The first-order chi connectivity index (χ1) is 9.64. The van der Waals surface area contributed by atoms with E-state index in [-0.39, 0.29) is 12.6 Å². The molecule has 0 aromatic heterocycles. The molecule has 0 bridgehead atoms. The van der Waals surface area contributed by atoms with Crippen LogP contribution in [0.1, 0.15) is 26.3 Å². The summed E-state index contributed by atoms with van der Waals surface area (Å²) in [6.45, 7) is 8.29. The third-order valence-corrected chi connectivity index (χ3v) is 3.09. The molecule has 0 heterocycles. The zero-order valence-electron chi connectivity index (χ0n) is 12.8. The summed E-state index contributed by atoms with van der Waals surface area (Å²) in [5.41, 5.74) is 0.467. The number of aliphatic hydroxyl groups is 1. The standard InChI is InChI=1S/C16H27NO3/c1-4-19-10-11-20-13-16(12-18,17-14(2)3)15-8-6-5-7-9-15/h5-9,14,17-18H,4,10-13H2,1-3H3. The quantitative estimate of drug-likeness (QED) is 0.643. The Morgan fingerprint density at radius 2 is 1.80 bits per heavy atom. The number of rotatable bonds is 10. The largest absolute Gasteiger partial charge is 0.394 e. The van der Waals surface area contributed by atoms with Gasteiger partial charge in [0.2, 0.25) is 0 Å². The van der Waals surface area contributed by atoms with Crippen molar-refractivity contribution >= 4 is 0 Å². The number of aliphatic hydroxyl groups excluding tert-OH is 1. The van der Waals surface area contributed by atoms with E-state index in [2.05, 4.69) is 19.2 Å². The van der Waals surface area contributed by atoms with Gasteiger partial charge < -0.3 is 19.9 Å². The van der Waals surface area contributed by atoms with Gasteiger partial charge >= 0.3 is 0 Å². The third-order valence-electron chi connectivity index (χ3n) is 3.09. The van der Waals surface area contributed by atoms with Crippen molar-refractivity contribution < 1.29 is 14.6 Å². The summed E-state index contributed by atoms with van der Waals surface area (Å²) in [4.78, 5) is 0. The van der Waals surface area contributed by atoms with E-state index < -0.39 is 5.54 Å². The zero-order chi connectivity index (χ0) is 14.8. The molecule has 0 aliphatic heterocycles. The minimum Gasteiger partial charge on any atom is -0.394 e. The topological polar surface area (TPSA) is 50.7 Å². The van der Waals surface area contributed by atoms with E-state index in [0.29, 0.717) is 26.4 Å². The molecule has 1 rings (SSSR count). The van der Waals surface area contributed by atoms with Crippen LogP contribution in [0.15, 0.2) is 30.3 Å². The lowest BCUT2D eigenvalue weighted by atomic mass is 9.90. The van der Waals surface area contributed by atoms with E-state index in [1.807, 2.05) is 37.3 Å². The van der Waals surface area contributed by atoms with Gasteiger partial charge in [-0.25, -0.2) is 0 Å². The van der Waals surface area contributed by atoms with Crippen LogP contribution in [0.4, 0.5) is 0 Å². The molecule has 0 radical (unpaired) electrons. The molecule has 0 saturated heterocycles. The third kappa shape index (κ3) is 5.21. The maximum absolute atomic E-state index is 9.91. The second kappa shape index (κ2) is 9.08. The second-order valence-corrected chi connectivity index (χ2v) is 5.15. The van der Waals surface area contributed by atoms with Crippen molar-refractivity contribution in [3.05, 3.63) is 35.9 Å². The molecular formula is C16H27NO3. The zero-order valence-corrected chi connectivity index (χ0v) is 12.8. The number of hydrogen-bond donors (Lipinski definition) is 2. The molecule has 1 atom stereocenters. The Balaban J connectivity index is 2.73. The minimum absolute atomic E-state index is 0.0101. The average Bonchev–Trinajstić information content (AvgIpc) is 2.46. The van der Waals surface area contributed by atoms with Gasteiger partial charge in [0.25, 0.3) is 0 Å². The van der Waals surface area contributed by atoms with Gasteiger partial charge in [-0.15, -0.1) is 0 Å². The van der Waals surface area contributed by atoms with Crippen molar-refractivity contribution in [3.8, 4) is 0 Å². The summed E-state index contributed by atoms with van der Waals surface area (Å²) in [6, 6.07) is 10.2. The Labute approximate surface area is 122 Å². The van der Waals surface area contributed by atoms with Crippen LogP contribution >= 0.6 is 0 Å². The first kappa shape index (κ1) is 17.1. The van der Waals surface area contributed by atoms with Crippen LogP contribution in [0.25, 0.3) is 0 Å². The highest BCUT2D eigenvalue weighted by molar-refractivity contribution is 5.25. The summed E-state index contributed by atoms with van der Waals surface area (Å²) < 4.78 is 11.0. The average molecular weight is 281 g/mol. The lowest BCUT2D eigenvalue weighted by Gasteiger charge is -2.35. The molecule has 4 nitrogen and oxygen atoms in total. The van der Waals surface area contributed by atoms with Crippen molar-refractivity contribution in [2.75, 3.05) is 33.0 Å². The maximum atomic E-state index is 9.91. The van der Waals surface area contributed by atoms with E-state index in [4.69, 9.17) is 9.47 Å². The van der Waals surface area contributed by atoms with Gasteiger partial charge in [0, 0.05) is 12.6 Å². The van der Waals surface area contributed by atoms with Crippen LogP contribution in [-0.2, 0) is 15.0 Å². The van der Waals surface area contributed by atoms with E-state index >= 15 is 0 Å². The summed E-state index contributed by atoms with van der Waals surface area (Å²) >= 11 is 0. The van der Waals surface area contributed by atoms with Crippen LogP contribution in [0, 0.1) is 0 Å². The van der Waals surface area contributed by atoms with Crippen molar-refractivity contribution in [1.82, 2.24) is 5.32 Å². The van der Waals surface area contributed by atoms with Gasteiger partial charge in [-0.05, 0) is 26.3 Å². The predicted molar refractivity (Wildman–Crippen MR) is 80.8 cm³/mol. The van der Waals surface area contributed by atoms with Gasteiger partial charge in [0.1, 0.15) is 0 Å². The molecule has 1 aromatic rings. The van der Waals surface area contributed by atoms with E-state index in [1.54, 1.807) is 0 Å². The van der Waals surface area contributed by atoms with Gasteiger partial charge in [-0.1, -0.05) is 30.3 Å². The molecule has 0 fully saturated rings. The van der Waals surface area contributed by atoms with Crippen LogP contribution < -0.4 is 5.32 Å². The molecule has 0 spiro atoms. The highest BCUT2D eigenvalue weighted by Crippen LogP contribution is 2.22. The molecular weight excluding hydrogens is 254 g/mol. The molecule has 0 aliphatic carbocycles. The number of nitrogens with one attached hydrogen (secondary N) is 1. The SMILES string of the molecule is CCOCCOCC(CO)(NC(C)C)c1ccccc1. The van der Waals surface area contributed by atoms with Gasteiger partial charge in [0.15, 0.2) is 0 Å².